The smallest absolute Gasteiger partial charge is 0.166 e. The Labute approximate surface area is 83.6 Å². The third kappa shape index (κ3) is 1.88. The Hall–Kier alpha value is -1.48. The molecule has 0 aromatic heterocycles. The molecular formula is C11H14O3. The quantitative estimate of drug-likeness (QED) is 0.744. The maximum absolute atomic E-state index is 9.61. The van der Waals surface area contributed by atoms with Gasteiger partial charge in [-0.25, -0.2) is 0 Å². The first-order chi connectivity index (χ1) is 6.74. The zero-order chi connectivity index (χ0) is 10.6. The minimum Gasteiger partial charge on any atom is -0.493 e. The third-order valence-electron chi connectivity index (χ3n) is 1.98. The average Bonchev–Trinajstić information content (AvgIpc) is 2.26. The number of benzene rings is 1. The van der Waals surface area contributed by atoms with Crippen LogP contribution in [0.25, 0.3) is 0 Å². The highest BCUT2D eigenvalue weighted by Crippen LogP contribution is 2.34. The molecule has 3 heteroatoms. The summed E-state index contributed by atoms with van der Waals surface area (Å²) in [6.45, 7) is 3.52. The molecule has 0 aliphatic carbocycles. The van der Waals surface area contributed by atoms with Crippen LogP contribution in [0.1, 0.15) is 11.7 Å². The summed E-state index contributed by atoms with van der Waals surface area (Å²) >= 11 is 0. The molecule has 0 aliphatic heterocycles. The van der Waals surface area contributed by atoms with E-state index in [-0.39, 0.29) is 0 Å². The standard InChI is InChI=1S/C11H14O3/c1-4-9(12)8-6-5-7-10(13-2)11(8)14-3/h4-7,9,12H,1H2,2-3H3. The molecule has 76 valence electrons. The van der Waals surface area contributed by atoms with E-state index in [1.54, 1.807) is 25.3 Å². The predicted octanol–water partition coefficient (Wildman–Crippen LogP) is 1.92. The SMILES string of the molecule is C=CC(O)c1cccc(OC)c1OC. The molecule has 0 heterocycles. The monoisotopic (exact) mass is 194 g/mol. The van der Waals surface area contributed by atoms with Crippen LogP contribution >= 0.6 is 0 Å². The van der Waals surface area contributed by atoms with E-state index in [0.29, 0.717) is 17.1 Å². The molecule has 0 amide bonds. The second-order valence-corrected chi connectivity index (χ2v) is 2.76. The normalized spacial score (nSPS) is 11.9. The fraction of sp³-hybridized carbons (Fsp3) is 0.273. The van der Waals surface area contributed by atoms with Crippen molar-refractivity contribution in [2.75, 3.05) is 14.2 Å². The summed E-state index contributed by atoms with van der Waals surface area (Å²) in [4.78, 5) is 0. The molecule has 14 heavy (non-hydrogen) atoms. The van der Waals surface area contributed by atoms with Gasteiger partial charge in [-0.15, -0.1) is 6.58 Å². The Kier molecular flexibility index (Phi) is 3.54. The highest BCUT2D eigenvalue weighted by atomic mass is 16.5. The van der Waals surface area contributed by atoms with E-state index in [9.17, 15) is 5.11 Å². The molecule has 0 bridgehead atoms. The van der Waals surface area contributed by atoms with E-state index in [4.69, 9.17) is 9.47 Å². The van der Waals surface area contributed by atoms with Gasteiger partial charge in [0.05, 0.1) is 14.2 Å². The summed E-state index contributed by atoms with van der Waals surface area (Å²) in [6, 6.07) is 5.34. The maximum Gasteiger partial charge on any atom is 0.166 e. The van der Waals surface area contributed by atoms with Gasteiger partial charge in [0.15, 0.2) is 11.5 Å². The number of ether oxygens (including phenoxy) is 2. The Morgan fingerprint density at radius 3 is 2.57 bits per heavy atom. The first-order valence-electron chi connectivity index (χ1n) is 4.26. The Morgan fingerprint density at radius 1 is 1.36 bits per heavy atom. The van der Waals surface area contributed by atoms with Gasteiger partial charge in [0, 0.05) is 5.56 Å². The minimum absolute atomic E-state index is 0.544. The lowest BCUT2D eigenvalue weighted by Gasteiger charge is -2.14. The number of methoxy groups -OCH3 is 2. The van der Waals surface area contributed by atoms with Gasteiger partial charge < -0.3 is 14.6 Å². The molecule has 0 radical (unpaired) electrons. The lowest BCUT2D eigenvalue weighted by molar-refractivity contribution is 0.221. The van der Waals surface area contributed by atoms with Gasteiger partial charge in [0.25, 0.3) is 0 Å². The van der Waals surface area contributed by atoms with Crippen LogP contribution in [0.2, 0.25) is 0 Å². The van der Waals surface area contributed by atoms with E-state index >= 15 is 0 Å². The van der Waals surface area contributed by atoms with Crippen molar-refractivity contribution >= 4 is 0 Å². The Bertz CT molecular complexity index is 320. The molecular weight excluding hydrogens is 180 g/mol. The first-order valence-corrected chi connectivity index (χ1v) is 4.26. The molecule has 0 saturated heterocycles. The third-order valence-corrected chi connectivity index (χ3v) is 1.98. The van der Waals surface area contributed by atoms with Crippen LogP contribution < -0.4 is 9.47 Å². The van der Waals surface area contributed by atoms with Crippen molar-refractivity contribution < 1.29 is 14.6 Å². The van der Waals surface area contributed by atoms with Gasteiger partial charge in [-0.05, 0) is 6.07 Å². The van der Waals surface area contributed by atoms with Crippen molar-refractivity contribution in [2.45, 2.75) is 6.10 Å². The molecule has 0 spiro atoms. The van der Waals surface area contributed by atoms with E-state index in [1.807, 2.05) is 0 Å². The summed E-state index contributed by atoms with van der Waals surface area (Å²) in [5, 5.41) is 9.61. The summed E-state index contributed by atoms with van der Waals surface area (Å²) in [5.74, 6) is 1.15. The number of aliphatic hydroxyl groups excluding tert-OH is 1. The lowest BCUT2D eigenvalue weighted by Crippen LogP contribution is -1.99. The van der Waals surface area contributed by atoms with Crippen molar-refractivity contribution in [3.63, 3.8) is 0 Å². The average molecular weight is 194 g/mol. The van der Waals surface area contributed by atoms with Crippen LogP contribution in [0.3, 0.4) is 0 Å². The van der Waals surface area contributed by atoms with Crippen LogP contribution in [-0.4, -0.2) is 19.3 Å². The van der Waals surface area contributed by atoms with Crippen LogP contribution in [0.15, 0.2) is 30.9 Å². The number of rotatable bonds is 4. The van der Waals surface area contributed by atoms with Crippen LogP contribution in [0.4, 0.5) is 0 Å². The molecule has 1 rings (SSSR count). The molecule has 1 aromatic rings. The van der Waals surface area contributed by atoms with Crippen molar-refractivity contribution in [3.05, 3.63) is 36.4 Å². The van der Waals surface area contributed by atoms with Crippen molar-refractivity contribution in [1.82, 2.24) is 0 Å². The van der Waals surface area contributed by atoms with E-state index < -0.39 is 6.10 Å². The largest absolute Gasteiger partial charge is 0.493 e. The second kappa shape index (κ2) is 4.67. The van der Waals surface area contributed by atoms with Crippen molar-refractivity contribution in [3.8, 4) is 11.5 Å². The van der Waals surface area contributed by atoms with Crippen LogP contribution in [-0.2, 0) is 0 Å². The maximum atomic E-state index is 9.61. The first kappa shape index (κ1) is 10.6. The summed E-state index contributed by atoms with van der Waals surface area (Å²) < 4.78 is 10.3. The van der Waals surface area contributed by atoms with Gasteiger partial charge in [0.2, 0.25) is 0 Å². The van der Waals surface area contributed by atoms with Gasteiger partial charge in [-0.3, -0.25) is 0 Å². The van der Waals surface area contributed by atoms with E-state index in [1.165, 1.54) is 13.2 Å². The highest BCUT2D eigenvalue weighted by molar-refractivity contribution is 5.48. The molecule has 0 saturated carbocycles. The molecule has 0 aliphatic rings. The van der Waals surface area contributed by atoms with Gasteiger partial charge in [-0.2, -0.15) is 0 Å². The summed E-state index contributed by atoms with van der Waals surface area (Å²) in [5.41, 5.74) is 0.654. The Morgan fingerprint density at radius 2 is 2.07 bits per heavy atom. The minimum atomic E-state index is -0.736. The van der Waals surface area contributed by atoms with E-state index in [0.717, 1.165) is 0 Å². The zero-order valence-corrected chi connectivity index (χ0v) is 8.36. The fourth-order valence-corrected chi connectivity index (χ4v) is 1.27. The molecule has 1 unspecified atom stereocenters. The molecule has 3 nitrogen and oxygen atoms in total. The van der Waals surface area contributed by atoms with Crippen molar-refractivity contribution in [1.29, 1.82) is 0 Å². The molecule has 0 fully saturated rings. The van der Waals surface area contributed by atoms with Crippen LogP contribution in [0.5, 0.6) is 11.5 Å². The van der Waals surface area contributed by atoms with E-state index in [2.05, 4.69) is 6.58 Å². The molecule has 1 aromatic carbocycles. The number of para-hydroxylation sites is 1. The second-order valence-electron chi connectivity index (χ2n) is 2.76. The lowest BCUT2D eigenvalue weighted by atomic mass is 10.1. The highest BCUT2D eigenvalue weighted by Gasteiger charge is 2.13. The predicted molar refractivity (Wildman–Crippen MR) is 54.7 cm³/mol. The van der Waals surface area contributed by atoms with Gasteiger partial charge in [-0.1, -0.05) is 18.2 Å². The molecule has 1 atom stereocenters. The van der Waals surface area contributed by atoms with Gasteiger partial charge >= 0.3 is 0 Å². The van der Waals surface area contributed by atoms with Crippen molar-refractivity contribution in [2.24, 2.45) is 0 Å². The van der Waals surface area contributed by atoms with Gasteiger partial charge in [0.1, 0.15) is 6.10 Å². The summed E-state index contributed by atoms with van der Waals surface area (Å²) in [6.07, 6.45) is 0.706. The molecule has 1 N–H and O–H groups in total. The zero-order valence-electron chi connectivity index (χ0n) is 8.36. The topological polar surface area (TPSA) is 38.7 Å². The Balaban J connectivity index is 3.21. The number of hydrogen-bond acceptors (Lipinski definition) is 3. The fourth-order valence-electron chi connectivity index (χ4n) is 1.27. The number of hydrogen-bond donors (Lipinski definition) is 1. The number of aliphatic hydroxyl groups is 1. The summed E-state index contributed by atoms with van der Waals surface area (Å²) in [7, 11) is 3.10. The van der Waals surface area contributed by atoms with Crippen LogP contribution in [0, 0.1) is 0 Å².